The molecule has 0 aliphatic heterocycles. The van der Waals surface area contributed by atoms with Crippen LogP contribution in [0.1, 0.15) is 18.4 Å². The van der Waals surface area contributed by atoms with Crippen molar-refractivity contribution in [3.8, 4) is 0 Å². The number of nitrogens with one attached hydrogen (secondary N) is 1. The lowest BCUT2D eigenvalue weighted by Gasteiger charge is -2.05. The number of halogens is 1. The van der Waals surface area contributed by atoms with E-state index in [1.165, 1.54) is 0 Å². The van der Waals surface area contributed by atoms with Crippen LogP contribution in [-0.4, -0.2) is 5.91 Å². The van der Waals surface area contributed by atoms with Gasteiger partial charge in [0.2, 0.25) is 5.91 Å². The van der Waals surface area contributed by atoms with Crippen LogP contribution >= 0.6 is 11.6 Å². The first-order chi connectivity index (χ1) is 5.61. The van der Waals surface area contributed by atoms with Crippen molar-refractivity contribution in [2.45, 2.75) is 12.8 Å². The molecule has 1 aromatic rings. The first-order valence-corrected chi connectivity index (χ1v) is 4.00. The van der Waals surface area contributed by atoms with Gasteiger partial charge in [0.1, 0.15) is 0 Å². The summed E-state index contributed by atoms with van der Waals surface area (Å²) < 4.78 is 0. The van der Waals surface area contributed by atoms with Gasteiger partial charge in [-0.05, 0) is 24.6 Å². The minimum absolute atomic E-state index is 0.359. The molecule has 1 N–H and O–H groups in total. The first-order valence-electron chi connectivity index (χ1n) is 3.62. The molecule has 0 heterocycles. The van der Waals surface area contributed by atoms with Gasteiger partial charge in [0.15, 0.2) is 0 Å². The third-order valence-corrected chi connectivity index (χ3v) is 2.02. The Bertz CT molecular complexity index is 281. The summed E-state index contributed by atoms with van der Waals surface area (Å²) in [6.45, 7) is 1.71. The maximum atomic E-state index is 10.7. The summed E-state index contributed by atoms with van der Waals surface area (Å²) in [7, 11) is 0. The van der Waals surface area contributed by atoms with Gasteiger partial charge < -0.3 is 0 Å². The fourth-order valence-corrected chi connectivity index (χ4v) is 1.03. The van der Waals surface area contributed by atoms with Crippen LogP contribution in [0.5, 0.6) is 0 Å². The number of rotatable bonds is 2. The van der Waals surface area contributed by atoms with Crippen molar-refractivity contribution >= 4 is 17.5 Å². The molecule has 2 nitrogen and oxygen atoms in total. The summed E-state index contributed by atoms with van der Waals surface area (Å²) in [5, 5.41) is 0.642. The number of benzene rings is 1. The average molecular weight is 183 g/mol. The van der Waals surface area contributed by atoms with E-state index >= 15 is 0 Å². The topological polar surface area (TPSA) is 40.9 Å². The number of carbonyl (C=O) groups excluding carboxylic acids is 1. The van der Waals surface area contributed by atoms with Crippen LogP contribution in [0.3, 0.4) is 0 Å². The van der Waals surface area contributed by atoms with E-state index < -0.39 is 5.91 Å². The second kappa shape index (κ2) is 3.59. The van der Waals surface area contributed by atoms with Gasteiger partial charge in [0.05, 0.1) is 5.92 Å². The molecule has 1 atom stereocenters. The fraction of sp³-hybridized carbons (Fsp3) is 0.222. The molecule has 1 aromatic carbocycles. The third-order valence-electron chi connectivity index (χ3n) is 1.76. The summed E-state index contributed by atoms with van der Waals surface area (Å²) >= 11 is 5.66. The van der Waals surface area contributed by atoms with Crippen LogP contribution < -0.4 is 5.73 Å². The lowest BCUT2D eigenvalue weighted by atomic mass is 10.0. The molecule has 12 heavy (non-hydrogen) atoms. The van der Waals surface area contributed by atoms with Crippen molar-refractivity contribution < 1.29 is 4.79 Å². The molecule has 0 aliphatic rings. The van der Waals surface area contributed by atoms with E-state index in [-0.39, 0.29) is 5.92 Å². The van der Waals surface area contributed by atoms with Gasteiger partial charge in [0, 0.05) is 5.02 Å². The minimum atomic E-state index is -0.572. The predicted octanol–water partition coefficient (Wildman–Crippen LogP) is 2.25. The van der Waals surface area contributed by atoms with Crippen molar-refractivity contribution in [3.63, 3.8) is 0 Å². The second-order valence-electron chi connectivity index (χ2n) is 2.64. The highest BCUT2D eigenvalue weighted by Gasteiger charge is 2.11. The molecule has 3 heteroatoms. The van der Waals surface area contributed by atoms with Crippen LogP contribution in [0.4, 0.5) is 0 Å². The Kier molecular flexibility index (Phi) is 2.71. The Morgan fingerprint density at radius 3 is 2.33 bits per heavy atom. The molecule has 0 aromatic heterocycles. The Morgan fingerprint density at radius 1 is 1.42 bits per heavy atom. The predicted molar refractivity (Wildman–Crippen MR) is 48.0 cm³/mol. The Morgan fingerprint density at radius 2 is 1.92 bits per heavy atom. The Balaban J connectivity index is 2.89. The van der Waals surface area contributed by atoms with E-state index in [0.29, 0.717) is 5.02 Å². The van der Waals surface area contributed by atoms with E-state index in [9.17, 15) is 4.79 Å². The molecule has 1 radical (unpaired) electrons. The van der Waals surface area contributed by atoms with Crippen LogP contribution in [0.2, 0.25) is 5.02 Å². The molecular formula is C9H9ClNO. The zero-order chi connectivity index (χ0) is 9.14. The van der Waals surface area contributed by atoms with Gasteiger partial charge in [-0.1, -0.05) is 23.7 Å². The highest BCUT2D eigenvalue weighted by atomic mass is 35.5. The van der Waals surface area contributed by atoms with Gasteiger partial charge >= 0.3 is 0 Å². The summed E-state index contributed by atoms with van der Waals surface area (Å²) in [6, 6.07) is 6.96. The lowest BCUT2D eigenvalue weighted by Crippen LogP contribution is -2.08. The minimum Gasteiger partial charge on any atom is -0.273 e. The standard InChI is InChI=1S/C9H9ClNO/c1-6(9(11)12)7-2-4-8(10)5-3-7/h2-6,11H,1H3. The van der Waals surface area contributed by atoms with E-state index in [2.05, 4.69) is 0 Å². The lowest BCUT2D eigenvalue weighted by molar-refractivity contribution is -0.119. The molecule has 0 fully saturated rings. The maximum absolute atomic E-state index is 10.7. The number of hydrogen-bond acceptors (Lipinski definition) is 1. The SMILES string of the molecule is CC(C([NH])=O)c1ccc(Cl)cc1. The quantitative estimate of drug-likeness (QED) is 0.692. The number of amides is 1. The van der Waals surface area contributed by atoms with Crippen molar-refractivity contribution in [3.05, 3.63) is 34.9 Å². The third kappa shape index (κ3) is 1.98. The van der Waals surface area contributed by atoms with Crippen molar-refractivity contribution in [2.75, 3.05) is 0 Å². The monoisotopic (exact) mass is 182 g/mol. The molecule has 0 bridgehead atoms. The van der Waals surface area contributed by atoms with Crippen LogP contribution in [0.25, 0.3) is 0 Å². The van der Waals surface area contributed by atoms with Gasteiger partial charge in [-0.15, -0.1) is 0 Å². The van der Waals surface area contributed by atoms with Crippen LogP contribution in [0.15, 0.2) is 24.3 Å². The molecule has 1 amide bonds. The normalized spacial score (nSPS) is 12.5. The van der Waals surface area contributed by atoms with Crippen LogP contribution in [-0.2, 0) is 4.79 Å². The molecule has 63 valence electrons. The number of hydrogen-bond donors (Lipinski definition) is 0. The van der Waals surface area contributed by atoms with Crippen molar-refractivity contribution in [2.24, 2.45) is 0 Å². The molecule has 0 saturated heterocycles. The van der Waals surface area contributed by atoms with Crippen molar-refractivity contribution in [1.29, 1.82) is 0 Å². The molecule has 1 rings (SSSR count). The Hall–Kier alpha value is -1.02. The van der Waals surface area contributed by atoms with Gasteiger partial charge in [-0.3, -0.25) is 10.5 Å². The van der Waals surface area contributed by atoms with Crippen LogP contribution in [0, 0.1) is 0 Å². The largest absolute Gasteiger partial charge is 0.273 e. The average Bonchev–Trinajstić information content (AvgIpc) is 2.04. The van der Waals surface area contributed by atoms with E-state index in [0.717, 1.165) is 5.56 Å². The zero-order valence-electron chi connectivity index (χ0n) is 6.67. The maximum Gasteiger partial charge on any atom is 0.245 e. The second-order valence-corrected chi connectivity index (χ2v) is 3.07. The highest BCUT2D eigenvalue weighted by molar-refractivity contribution is 6.30. The molecule has 0 aliphatic carbocycles. The molecule has 1 unspecified atom stereocenters. The molecule has 0 spiro atoms. The summed E-state index contributed by atoms with van der Waals surface area (Å²) in [5.41, 5.74) is 7.74. The number of carbonyl (C=O) groups is 1. The van der Waals surface area contributed by atoms with Gasteiger partial charge in [-0.25, -0.2) is 0 Å². The summed E-state index contributed by atoms with van der Waals surface area (Å²) in [5.74, 6) is -0.931. The van der Waals surface area contributed by atoms with E-state index in [4.69, 9.17) is 17.3 Å². The smallest absolute Gasteiger partial charge is 0.245 e. The van der Waals surface area contributed by atoms with E-state index in [1.54, 1.807) is 31.2 Å². The van der Waals surface area contributed by atoms with Crippen molar-refractivity contribution in [1.82, 2.24) is 5.73 Å². The molecule has 0 saturated carbocycles. The Labute approximate surface area is 76.3 Å². The first kappa shape index (κ1) is 9.07. The fourth-order valence-electron chi connectivity index (χ4n) is 0.903. The highest BCUT2D eigenvalue weighted by Crippen LogP contribution is 2.17. The van der Waals surface area contributed by atoms with Gasteiger partial charge in [-0.2, -0.15) is 0 Å². The summed E-state index contributed by atoms with van der Waals surface area (Å²) in [6.07, 6.45) is 0. The molecular weight excluding hydrogens is 174 g/mol. The summed E-state index contributed by atoms with van der Waals surface area (Å²) in [4.78, 5) is 10.7. The zero-order valence-corrected chi connectivity index (χ0v) is 7.43. The van der Waals surface area contributed by atoms with E-state index in [1.807, 2.05) is 0 Å². The van der Waals surface area contributed by atoms with Gasteiger partial charge in [0.25, 0.3) is 0 Å².